The first-order valence-corrected chi connectivity index (χ1v) is 9.52. The maximum atomic E-state index is 12.8. The van der Waals surface area contributed by atoms with Crippen LogP contribution in [0.5, 0.6) is 11.5 Å². The summed E-state index contributed by atoms with van der Waals surface area (Å²) >= 11 is 0. The number of nitrogens with zero attached hydrogens (tertiary/aromatic N) is 6. The molecule has 9 heteroatoms. The summed E-state index contributed by atoms with van der Waals surface area (Å²) in [5.74, 6) is 2.77. The second-order valence-electron chi connectivity index (χ2n) is 6.90. The van der Waals surface area contributed by atoms with Crippen LogP contribution in [0, 0.1) is 0 Å². The fourth-order valence-electron chi connectivity index (χ4n) is 3.52. The van der Waals surface area contributed by atoms with Crippen LogP contribution in [-0.2, 0) is 4.79 Å². The molecule has 0 aliphatic carbocycles. The Balaban J connectivity index is 1.19. The number of carbonyl (C=O) groups is 1. The number of rotatable bonds is 3. The van der Waals surface area contributed by atoms with E-state index >= 15 is 0 Å². The second kappa shape index (κ2) is 7.42. The van der Waals surface area contributed by atoms with Crippen LogP contribution in [0.1, 0.15) is 0 Å². The van der Waals surface area contributed by atoms with Crippen LogP contribution in [-0.4, -0.2) is 69.4 Å². The summed E-state index contributed by atoms with van der Waals surface area (Å²) in [6, 6.07) is 11.3. The largest absolute Gasteiger partial charge is 0.485 e. The summed E-state index contributed by atoms with van der Waals surface area (Å²) < 4.78 is 13.3. The van der Waals surface area contributed by atoms with E-state index < -0.39 is 6.10 Å². The average molecular weight is 392 g/mol. The molecule has 1 atom stereocenters. The fourth-order valence-corrected chi connectivity index (χ4v) is 3.52. The lowest BCUT2D eigenvalue weighted by molar-refractivity contribution is -0.141. The van der Waals surface area contributed by atoms with Crippen molar-refractivity contribution in [3.05, 3.63) is 55.1 Å². The average Bonchev–Trinajstić information content (AvgIpc) is 3.33. The Kier molecular flexibility index (Phi) is 4.47. The standard InChI is InChI=1S/C20H20N6O3/c27-20(17-13-28-15-3-1-2-4-16(15)29-17)25-11-9-24(10-12-25)18-5-6-19(23-22-18)26-8-7-21-14-26/h1-8,14,17H,9-13H2/t17-/m0/s1. The predicted molar refractivity (Wildman–Crippen MR) is 104 cm³/mol. The summed E-state index contributed by atoms with van der Waals surface area (Å²) in [4.78, 5) is 20.8. The molecular weight excluding hydrogens is 372 g/mol. The first-order chi connectivity index (χ1) is 14.3. The Morgan fingerprint density at radius 3 is 2.45 bits per heavy atom. The van der Waals surface area contributed by atoms with Gasteiger partial charge >= 0.3 is 0 Å². The minimum absolute atomic E-state index is 0.0410. The molecule has 1 saturated heterocycles. The number of hydrogen-bond acceptors (Lipinski definition) is 7. The van der Waals surface area contributed by atoms with Gasteiger partial charge in [0.1, 0.15) is 12.9 Å². The highest BCUT2D eigenvalue weighted by Crippen LogP contribution is 2.31. The fraction of sp³-hybridized carbons (Fsp3) is 0.300. The van der Waals surface area contributed by atoms with Crippen molar-refractivity contribution >= 4 is 11.7 Å². The Morgan fingerprint density at radius 2 is 1.72 bits per heavy atom. The molecule has 0 spiro atoms. The number of piperazine rings is 1. The summed E-state index contributed by atoms with van der Waals surface area (Å²) in [6.45, 7) is 2.82. The molecule has 2 aliphatic heterocycles. The Hall–Kier alpha value is -3.62. The van der Waals surface area contributed by atoms with Gasteiger partial charge in [-0.1, -0.05) is 12.1 Å². The van der Waals surface area contributed by atoms with E-state index in [-0.39, 0.29) is 12.5 Å². The molecule has 29 heavy (non-hydrogen) atoms. The summed E-state index contributed by atoms with van der Waals surface area (Å²) in [5, 5.41) is 8.58. The molecule has 0 saturated carbocycles. The number of ether oxygens (including phenoxy) is 2. The van der Waals surface area contributed by atoms with Gasteiger partial charge in [0.15, 0.2) is 23.1 Å². The van der Waals surface area contributed by atoms with E-state index in [2.05, 4.69) is 20.1 Å². The Morgan fingerprint density at radius 1 is 0.966 bits per heavy atom. The van der Waals surface area contributed by atoms with E-state index in [1.54, 1.807) is 17.1 Å². The molecule has 1 fully saturated rings. The van der Waals surface area contributed by atoms with Gasteiger partial charge in [-0.2, -0.15) is 0 Å². The predicted octanol–water partition coefficient (Wildman–Crippen LogP) is 1.15. The Labute approximate surface area is 167 Å². The van der Waals surface area contributed by atoms with Crippen LogP contribution in [0.2, 0.25) is 0 Å². The van der Waals surface area contributed by atoms with Gasteiger partial charge in [0, 0.05) is 38.6 Å². The summed E-state index contributed by atoms with van der Waals surface area (Å²) in [7, 11) is 0. The number of amides is 1. The summed E-state index contributed by atoms with van der Waals surface area (Å²) in [5.41, 5.74) is 0. The monoisotopic (exact) mass is 392 g/mol. The highest BCUT2D eigenvalue weighted by Gasteiger charge is 2.32. The lowest BCUT2D eigenvalue weighted by Gasteiger charge is -2.37. The molecule has 3 aromatic rings. The van der Waals surface area contributed by atoms with E-state index in [0.717, 1.165) is 11.6 Å². The van der Waals surface area contributed by atoms with Crippen molar-refractivity contribution in [1.29, 1.82) is 0 Å². The number of imidazole rings is 1. The third-order valence-electron chi connectivity index (χ3n) is 5.10. The van der Waals surface area contributed by atoms with Gasteiger partial charge in [-0.15, -0.1) is 10.2 Å². The lowest BCUT2D eigenvalue weighted by atomic mass is 10.2. The Bertz CT molecular complexity index is 984. The smallest absolute Gasteiger partial charge is 0.267 e. The molecule has 4 heterocycles. The van der Waals surface area contributed by atoms with Crippen LogP contribution in [0.15, 0.2) is 55.1 Å². The van der Waals surface area contributed by atoms with Crippen molar-refractivity contribution in [3.63, 3.8) is 0 Å². The molecule has 0 bridgehead atoms. The van der Waals surface area contributed by atoms with E-state index in [9.17, 15) is 4.79 Å². The van der Waals surface area contributed by atoms with Gasteiger partial charge in [0.05, 0.1) is 0 Å². The van der Waals surface area contributed by atoms with E-state index in [1.165, 1.54) is 0 Å². The number of hydrogen-bond donors (Lipinski definition) is 0. The van der Waals surface area contributed by atoms with Crippen LogP contribution >= 0.6 is 0 Å². The van der Waals surface area contributed by atoms with E-state index in [4.69, 9.17) is 9.47 Å². The number of carbonyl (C=O) groups excluding carboxylic acids is 1. The molecule has 2 aliphatic rings. The molecule has 0 N–H and O–H groups in total. The number of anilines is 1. The topological polar surface area (TPSA) is 85.6 Å². The van der Waals surface area contributed by atoms with E-state index in [0.29, 0.717) is 37.7 Å². The highest BCUT2D eigenvalue weighted by molar-refractivity contribution is 5.82. The number of benzene rings is 1. The van der Waals surface area contributed by atoms with Crippen molar-refractivity contribution in [2.75, 3.05) is 37.7 Å². The molecule has 2 aromatic heterocycles. The third kappa shape index (κ3) is 3.46. The molecular formula is C20H20N6O3. The van der Waals surface area contributed by atoms with Crippen LogP contribution in [0.4, 0.5) is 5.82 Å². The molecule has 1 amide bonds. The lowest BCUT2D eigenvalue weighted by Crippen LogP contribution is -2.54. The van der Waals surface area contributed by atoms with Crippen LogP contribution in [0.25, 0.3) is 5.82 Å². The normalized spacial score (nSPS) is 18.6. The second-order valence-corrected chi connectivity index (χ2v) is 6.90. The maximum absolute atomic E-state index is 12.8. The maximum Gasteiger partial charge on any atom is 0.267 e. The molecule has 5 rings (SSSR count). The van der Waals surface area contributed by atoms with Crippen molar-refractivity contribution in [2.24, 2.45) is 0 Å². The van der Waals surface area contributed by atoms with Crippen molar-refractivity contribution in [1.82, 2.24) is 24.6 Å². The minimum atomic E-state index is -0.606. The zero-order valence-electron chi connectivity index (χ0n) is 15.7. The van der Waals surface area contributed by atoms with Crippen molar-refractivity contribution in [2.45, 2.75) is 6.10 Å². The van der Waals surface area contributed by atoms with E-state index in [1.807, 2.05) is 47.5 Å². The van der Waals surface area contributed by atoms with Crippen LogP contribution < -0.4 is 14.4 Å². The molecule has 1 aromatic carbocycles. The molecule has 9 nitrogen and oxygen atoms in total. The highest BCUT2D eigenvalue weighted by atomic mass is 16.6. The van der Waals surface area contributed by atoms with Gasteiger partial charge in [-0.05, 0) is 24.3 Å². The zero-order chi connectivity index (χ0) is 19.6. The molecule has 148 valence electrons. The third-order valence-corrected chi connectivity index (χ3v) is 5.10. The van der Waals surface area contributed by atoms with Gasteiger partial charge in [-0.25, -0.2) is 4.98 Å². The SMILES string of the molecule is O=C([C@@H]1COc2ccccc2O1)N1CCN(c2ccc(-n3ccnc3)nn2)CC1. The first-order valence-electron chi connectivity index (χ1n) is 9.52. The van der Waals surface area contributed by atoms with Crippen molar-refractivity contribution in [3.8, 4) is 17.3 Å². The van der Waals surface area contributed by atoms with Gasteiger partial charge in [0.2, 0.25) is 6.10 Å². The summed E-state index contributed by atoms with van der Waals surface area (Å²) in [6.07, 6.45) is 4.60. The quantitative estimate of drug-likeness (QED) is 0.661. The number of para-hydroxylation sites is 2. The number of aromatic nitrogens is 4. The van der Waals surface area contributed by atoms with Crippen LogP contribution in [0.3, 0.4) is 0 Å². The minimum Gasteiger partial charge on any atom is -0.485 e. The van der Waals surface area contributed by atoms with Crippen molar-refractivity contribution < 1.29 is 14.3 Å². The molecule has 0 radical (unpaired) electrons. The number of fused-ring (bicyclic) bond motifs is 1. The zero-order valence-corrected chi connectivity index (χ0v) is 15.7. The van der Waals surface area contributed by atoms with Gasteiger partial charge in [-0.3, -0.25) is 9.36 Å². The molecule has 0 unspecified atom stereocenters. The first kappa shape index (κ1) is 17.5. The van der Waals surface area contributed by atoms with Gasteiger partial charge < -0.3 is 19.3 Å². The van der Waals surface area contributed by atoms with Gasteiger partial charge in [0.25, 0.3) is 5.91 Å².